The number of carbonyl (C=O) groups excluding carboxylic acids is 1. The van der Waals surface area contributed by atoms with Gasteiger partial charge >= 0.3 is 0 Å². The third-order valence-corrected chi connectivity index (χ3v) is 3.60. The van der Waals surface area contributed by atoms with Crippen LogP contribution >= 0.6 is 23.2 Å². The Labute approximate surface area is 127 Å². The molecule has 1 aliphatic heterocycles. The van der Waals surface area contributed by atoms with E-state index in [0.29, 0.717) is 41.9 Å². The molecule has 1 heterocycles. The molecular weight excluding hydrogens is 299 g/mol. The first-order valence-corrected chi connectivity index (χ1v) is 6.82. The summed E-state index contributed by atoms with van der Waals surface area (Å²) in [6.45, 7) is 1.93. The third-order valence-electron chi connectivity index (χ3n) is 2.94. The summed E-state index contributed by atoms with van der Waals surface area (Å²) in [5, 5.41) is 9.99. The molecule has 6 heteroatoms. The van der Waals surface area contributed by atoms with Crippen LogP contribution in [0.4, 0.5) is 0 Å². The van der Waals surface area contributed by atoms with E-state index < -0.39 is 0 Å². The lowest BCUT2D eigenvalue weighted by Gasteiger charge is -2.26. The number of ether oxygens (including phenoxy) is 1. The number of nitriles is 1. The molecule has 0 saturated carbocycles. The van der Waals surface area contributed by atoms with E-state index in [2.05, 4.69) is 0 Å². The predicted octanol–water partition coefficient (Wildman–Crippen LogP) is 2.76. The van der Waals surface area contributed by atoms with E-state index in [0.717, 1.165) is 0 Å². The Morgan fingerprint density at radius 1 is 1.30 bits per heavy atom. The average molecular weight is 311 g/mol. The lowest BCUT2D eigenvalue weighted by molar-refractivity contribution is -0.130. The zero-order valence-electron chi connectivity index (χ0n) is 10.6. The van der Waals surface area contributed by atoms with Gasteiger partial charge in [0.2, 0.25) is 0 Å². The molecule has 0 bridgehead atoms. The van der Waals surface area contributed by atoms with Crippen LogP contribution in [0, 0.1) is 11.3 Å². The molecule has 0 N–H and O–H groups in total. The first-order chi connectivity index (χ1) is 9.63. The lowest BCUT2D eigenvalue weighted by Crippen LogP contribution is -2.41. The van der Waals surface area contributed by atoms with Gasteiger partial charge in [0.05, 0.1) is 13.2 Å². The van der Waals surface area contributed by atoms with Gasteiger partial charge in [-0.3, -0.25) is 4.79 Å². The molecule has 0 aromatic heterocycles. The fraction of sp³-hybridized carbons (Fsp3) is 0.286. The van der Waals surface area contributed by atoms with Crippen molar-refractivity contribution < 1.29 is 9.53 Å². The van der Waals surface area contributed by atoms with Crippen LogP contribution in [-0.2, 0) is 9.53 Å². The molecule has 1 amide bonds. The van der Waals surface area contributed by atoms with Gasteiger partial charge in [-0.25, -0.2) is 0 Å². The normalized spacial score (nSPS) is 15.8. The highest BCUT2D eigenvalue weighted by atomic mass is 35.5. The summed E-state index contributed by atoms with van der Waals surface area (Å²) < 4.78 is 5.18. The summed E-state index contributed by atoms with van der Waals surface area (Å²) in [7, 11) is 0. The Kier molecular flexibility index (Phi) is 5.02. The van der Waals surface area contributed by atoms with Crippen LogP contribution in [0.15, 0.2) is 23.8 Å². The van der Waals surface area contributed by atoms with Gasteiger partial charge in [0.25, 0.3) is 5.91 Å². The molecule has 1 fully saturated rings. The van der Waals surface area contributed by atoms with Crippen molar-refractivity contribution in [3.63, 3.8) is 0 Å². The summed E-state index contributed by atoms with van der Waals surface area (Å²) in [4.78, 5) is 13.8. The highest BCUT2D eigenvalue weighted by molar-refractivity contribution is 6.37. The van der Waals surface area contributed by atoms with Crippen molar-refractivity contribution in [3.8, 4) is 6.07 Å². The molecule has 1 aromatic carbocycles. The predicted molar refractivity (Wildman–Crippen MR) is 77.5 cm³/mol. The summed E-state index contributed by atoms with van der Waals surface area (Å²) >= 11 is 12.1. The second-order valence-corrected chi connectivity index (χ2v) is 5.02. The molecule has 104 valence electrons. The van der Waals surface area contributed by atoms with E-state index in [1.165, 1.54) is 6.08 Å². The highest BCUT2D eigenvalue weighted by Gasteiger charge is 2.21. The summed E-state index contributed by atoms with van der Waals surface area (Å²) in [6.07, 6.45) is 1.43. The van der Waals surface area contributed by atoms with Crippen molar-refractivity contribution in [2.45, 2.75) is 0 Å². The van der Waals surface area contributed by atoms with Crippen molar-refractivity contribution in [1.29, 1.82) is 5.26 Å². The molecule has 20 heavy (non-hydrogen) atoms. The van der Waals surface area contributed by atoms with Gasteiger partial charge < -0.3 is 9.64 Å². The largest absolute Gasteiger partial charge is 0.378 e. The minimum atomic E-state index is -0.327. The molecule has 0 spiro atoms. The fourth-order valence-electron chi connectivity index (χ4n) is 1.87. The fourth-order valence-corrected chi connectivity index (χ4v) is 2.38. The van der Waals surface area contributed by atoms with Gasteiger partial charge in [-0.15, -0.1) is 0 Å². The molecule has 1 aliphatic rings. The topological polar surface area (TPSA) is 53.3 Å². The molecule has 0 aliphatic carbocycles. The number of hydrogen-bond donors (Lipinski definition) is 0. The Morgan fingerprint density at radius 2 is 1.90 bits per heavy atom. The van der Waals surface area contributed by atoms with Crippen LogP contribution < -0.4 is 0 Å². The molecule has 0 unspecified atom stereocenters. The van der Waals surface area contributed by atoms with Gasteiger partial charge in [-0.1, -0.05) is 29.3 Å². The van der Waals surface area contributed by atoms with E-state index in [1.807, 2.05) is 6.07 Å². The maximum Gasteiger partial charge on any atom is 0.264 e. The number of morpholine rings is 1. The van der Waals surface area contributed by atoms with E-state index in [-0.39, 0.29) is 11.5 Å². The zero-order chi connectivity index (χ0) is 14.5. The van der Waals surface area contributed by atoms with Crippen LogP contribution in [0.25, 0.3) is 6.08 Å². The van der Waals surface area contributed by atoms with Gasteiger partial charge in [0.15, 0.2) is 0 Å². The number of rotatable bonds is 2. The number of halogens is 2. The Morgan fingerprint density at radius 3 is 2.45 bits per heavy atom. The van der Waals surface area contributed by atoms with Gasteiger partial charge in [-0.2, -0.15) is 5.26 Å². The van der Waals surface area contributed by atoms with Gasteiger partial charge in [0.1, 0.15) is 11.6 Å². The second kappa shape index (κ2) is 6.76. The lowest BCUT2D eigenvalue weighted by atomic mass is 10.1. The molecule has 1 aromatic rings. The van der Waals surface area contributed by atoms with E-state index in [4.69, 9.17) is 27.9 Å². The first-order valence-electron chi connectivity index (χ1n) is 6.06. The number of amides is 1. The van der Waals surface area contributed by atoms with Gasteiger partial charge in [0, 0.05) is 28.7 Å². The van der Waals surface area contributed by atoms with Crippen LogP contribution in [-0.4, -0.2) is 37.1 Å². The molecule has 1 saturated heterocycles. The zero-order valence-corrected chi connectivity index (χ0v) is 12.1. The maximum absolute atomic E-state index is 12.2. The number of carbonyl (C=O) groups is 1. The van der Waals surface area contributed by atoms with E-state index >= 15 is 0 Å². The maximum atomic E-state index is 12.2. The standard InChI is InChI=1S/C14H12Cl2N2O2/c15-12-2-1-3-13(16)11(12)8-10(9-17)14(19)18-4-6-20-7-5-18/h1-3,8H,4-7H2/b10-8+. The highest BCUT2D eigenvalue weighted by Crippen LogP contribution is 2.27. The van der Waals surface area contributed by atoms with Gasteiger partial charge in [-0.05, 0) is 18.2 Å². The van der Waals surface area contributed by atoms with Crippen molar-refractivity contribution in [1.82, 2.24) is 4.90 Å². The minimum Gasteiger partial charge on any atom is -0.378 e. The number of nitrogens with zero attached hydrogens (tertiary/aromatic N) is 2. The van der Waals surface area contributed by atoms with Crippen molar-refractivity contribution in [2.75, 3.05) is 26.3 Å². The molecular formula is C14H12Cl2N2O2. The third kappa shape index (κ3) is 3.31. The van der Waals surface area contributed by atoms with Crippen LogP contribution in [0.1, 0.15) is 5.56 Å². The first kappa shape index (κ1) is 14.9. The van der Waals surface area contributed by atoms with Crippen LogP contribution in [0.3, 0.4) is 0 Å². The molecule has 2 rings (SSSR count). The quantitative estimate of drug-likeness (QED) is 0.623. The summed E-state index contributed by atoms with van der Waals surface area (Å²) in [6, 6.07) is 6.94. The Balaban J connectivity index is 2.30. The monoisotopic (exact) mass is 310 g/mol. The summed E-state index contributed by atoms with van der Waals surface area (Å²) in [5.41, 5.74) is 0.496. The summed E-state index contributed by atoms with van der Waals surface area (Å²) in [5.74, 6) is -0.327. The molecule has 0 radical (unpaired) electrons. The second-order valence-electron chi connectivity index (χ2n) is 4.21. The molecule has 0 atom stereocenters. The smallest absolute Gasteiger partial charge is 0.264 e. The Bertz CT molecular complexity index is 567. The van der Waals surface area contributed by atoms with Crippen LogP contribution in [0.5, 0.6) is 0 Å². The van der Waals surface area contributed by atoms with Crippen molar-refractivity contribution >= 4 is 35.2 Å². The minimum absolute atomic E-state index is 0.0156. The van der Waals surface area contributed by atoms with E-state index in [9.17, 15) is 10.1 Å². The average Bonchev–Trinajstić information content (AvgIpc) is 2.47. The van der Waals surface area contributed by atoms with Crippen molar-refractivity contribution in [2.24, 2.45) is 0 Å². The molecule has 4 nitrogen and oxygen atoms in total. The number of hydrogen-bond acceptors (Lipinski definition) is 3. The van der Waals surface area contributed by atoms with E-state index in [1.54, 1.807) is 23.1 Å². The van der Waals surface area contributed by atoms with Crippen LogP contribution in [0.2, 0.25) is 10.0 Å². The van der Waals surface area contributed by atoms with Crippen molar-refractivity contribution in [3.05, 3.63) is 39.4 Å². The SMILES string of the molecule is N#C/C(=C\c1c(Cl)cccc1Cl)C(=O)N1CCOCC1. The Hall–Kier alpha value is -1.54. The number of benzene rings is 1.